The van der Waals surface area contributed by atoms with Gasteiger partial charge in [0.2, 0.25) is 0 Å². The number of aryl methyl sites for hydroxylation is 1. The van der Waals surface area contributed by atoms with E-state index in [-0.39, 0.29) is 0 Å². The van der Waals surface area contributed by atoms with E-state index in [1.165, 1.54) is 12.8 Å². The van der Waals surface area contributed by atoms with Crippen LogP contribution in [0.15, 0.2) is 6.20 Å². The Morgan fingerprint density at radius 1 is 1.62 bits per heavy atom. The number of hydrogen-bond acceptors (Lipinski definition) is 4. The summed E-state index contributed by atoms with van der Waals surface area (Å²) in [5.74, 6) is 1.66. The van der Waals surface area contributed by atoms with Crippen LogP contribution in [0.1, 0.15) is 12.8 Å². The van der Waals surface area contributed by atoms with Crippen molar-refractivity contribution >= 4 is 11.5 Å². The fourth-order valence-electron chi connectivity index (χ4n) is 1.63. The first-order chi connectivity index (χ1) is 7.66. The number of ether oxygens (including phenoxy) is 1. The Kier molecular flexibility index (Phi) is 3.33. The maximum Gasteiger partial charge on any atom is 0.173 e. The SMILES string of the molecule is CN(CCOCC1CC1)c1nn(C)cc1N. The van der Waals surface area contributed by atoms with E-state index in [0.29, 0.717) is 5.69 Å². The third kappa shape index (κ3) is 2.88. The molecule has 0 atom stereocenters. The summed E-state index contributed by atoms with van der Waals surface area (Å²) < 4.78 is 7.31. The Balaban J connectivity index is 1.73. The highest BCUT2D eigenvalue weighted by Gasteiger charge is 2.21. The molecule has 1 aliphatic carbocycles. The van der Waals surface area contributed by atoms with Crippen molar-refractivity contribution in [1.82, 2.24) is 9.78 Å². The Labute approximate surface area is 96.2 Å². The van der Waals surface area contributed by atoms with Gasteiger partial charge in [-0.25, -0.2) is 0 Å². The molecule has 1 aromatic heterocycles. The molecule has 5 nitrogen and oxygen atoms in total. The van der Waals surface area contributed by atoms with Gasteiger partial charge in [-0.15, -0.1) is 0 Å². The molecule has 16 heavy (non-hydrogen) atoms. The first-order valence-corrected chi connectivity index (χ1v) is 5.75. The van der Waals surface area contributed by atoms with Crippen molar-refractivity contribution in [3.05, 3.63) is 6.20 Å². The molecule has 0 amide bonds. The van der Waals surface area contributed by atoms with E-state index in [4.69, 9.17) is 10.5 Å². The summed E-state index contributed by atoms with van der Waals surface area (Å²) in [7, 11) is 3.86. The van der Waals surface area contributed by atoms with Gasteiger partial charge in [0.15, 0.2) is 5.82 Å². The van der Waals surface area contributed by atoms with Crippen LogP contribution in [0, 0.1) is 5.92 Å². The molecule has 90 valence electrons. The van der Waals surface area contributed by atoms with Gasteiger partial charge >= 0.3 is 0 Å². The van der Waals surface area contributed by atoms with E-state index in [1.807, 2.05) is 25.2 Å². The number of nitrogen functional groups attached to an aromatic ring is 1. The average Bonchev–Trinajstić information content (AvgIpc) is 2.98. The number of likely N-dealkylation sites (N-methyl/N-ethyl adjacent to an activating group) is 1. The van der Waals surface area contributed by atoms with Gasteiger partial charge in [0, 0.05) is 33.4 Å². The van der Waals surface area contributed by atoms with Crippen LogP contribution >= 0.6 is 0 Å². The first kappa shape index (κ1) is 11.3. The van der Waals surface area contributed by atoms with Crippen molar-refractivity contribution in [1.29, 1.82) is 0 Å². The predicted octanol–water partition coefficient (Wildman–Crippen LogP) is 0.865. The quantitative estimate of drug-likeness (QED) is 0.728. The van der Waals surface area contributed by atoms with Gasteiger partial charge in [0.05, 0.1) is 12.3 Å². The minimum Gasteiger partial charge on any atom is -0.394 e. The normalized spacial score (nSPS) is 15.4. The highest BCUT2D eigenvalue weighted by atomic mass is 16.5. The lowest BCUT2D eigenvalue weighted by Crippen LogP contribution is -2.24. The molecule has 5 heteroatoms. The number of rotatable bonds is 6. The van der Waals surface area contributed by atoms with Crippen molar-refractivity contribution in [2.24, 2.45) is 13.0 Å². The predicted molar refractivity (Wildman–Crippen MR) is 64.4 cm³/mol. The second-order valence-electron chi connectivity index (χ2n) is 4.52. The summed E-state index contributed by atoms with van der Waals surface area (Å²) in [5.41, 5.74) is 6.55. The molecule has 1 aromatic rings. The minimum atomic E-state index is 0.715. The third-order valence-corrected chi connectivity index (χ3v) is 2.82. The second-order valence-corrected chi connectivity index (χ2v) is 4.52. The molecule has 1 saturated carbocycles. The number of nitrogens with two attached hydrogens (primary N) is 1. The Morgan fingerprint density at radius 2 is 2.38 bits per heavy atom. The lowest BCUT2D eigenvalue weighted by molar-refractivity contribution is 0.131. The topological polar surface area (TPSA) is 56.3 Å². The van der Waals surface area contributed by atoms with E-state index in [1.54, 1.807) is 4.68 Å². The Bertz CT molecular complexity index is 346. The van der Waals surface area contributed by atoms with E-state index < -0.39 is 0 Å². The molecule has 0 bridgehead atoms. The molecule has 1 aliphatic rings. The molecule has 2 N–H and O–H groups in total. The van der Waals surface area contributed by atoms with Gasteiger partial charge in [-0.1, -0.05) is 0 Å². The standard InChI is InChI=1S/C11H20N4O/c1-14(5-6-16-8-9-3-4-9)11-10(12)7-15(2)13-11/h7,9H,3-6,8,12H2,1-2H3. The Morgan fingerprint density at radius 3 is 2.94 bits per heavy atom. The highest BCUT2D eigenvalue weighted by molar-refractivity contribution is 5.61. The number of anilines is 2. The summed E-state index contributed by atoms with van der Waals surface area (Å²) in [5, 5.41) is 4.30. The van der Waals surface area contributed by atoms with Gasteiger partial charge in [-0.2, -0.15) is 5.10 Å². The van der Waals surface area contributed by atoms with Crippen LogP contribution < -0.4 is 10.6 Å². The summed E-state index contributed by atoms with van der Waals surface area (Å²) >= 11 is 0. The van der Waals surface area contributed by atoms with Gasteiger partial charge in [0.25, 0.3) is 0 Å². The molecular weight excluding hydrogens is 204 g/mol. The maximum absolute atomic E-state index is 5.84. The van der Waals surface area contributed by atoms with Crippen LogP contribution in [-0.2, 0) is 11.8 Å². The average molecular weight is 224 g/mol. The van der Waals surface area contributed by atoms with Crippen LogP contribution in [0.25, 0.3) is 0 Å². The molecule has 2 rings (SSSR count). The highest BCUT2D eigenvalue weighted by Crippen LogP contribution is 2.28. The van der Waals surface area contributed by atoms with Crippen molar-refractivity contribution in [3.8, 4) is 0 Å². The maximum atomic E-state index is 5.84. The minimum absolute atomic E-state index is 0.715. The number of hydrogen-bond donors (Lipinski definition) is 1. The van der Waals surface area contributed by atoms with Crippen LogP contribution in [0.5, 0.6) is 0 Å². The van der Waals surface area contributed by atoms with E-state index in [2.05, 4.69) is 5.10 Å². The smallest absolute Gasteiger partial charge is 0.173 e. The van der Waals surface area contributed by atoms with E-state index in [0.717, 1.165) is 31.5 Å². The van der Waals surface area contributed by atoms with Crippen molar-refractivity contribution < 1.29 is 4.74 Å². The fourth-order valence-corrected chi connectivity index (χ4v) is 1.63. The summed E-state index contributed by atoms with van der Waals surface area (Å²) in [6.45, 7) is 2.47. The number of aromatic nitrogens is 2. The van der Waals surface area contributed by atoms with Gasteiger partial charge in [-0.3, -0.25) is 4.68 Å². The monoisotopic (exact) mass is 224 g/mol. The van der Waals surface area contributed by atoms with Gasteiger partial charge in [0.1, 0.15) is 0 Å². The van der Waals surface area contributed by atoms with Gasteiger partial charge < -0.3 is 15.4 Å². The molecule has 0 unspecified atom stereocenters. The summed E-state index contributed by atoms with van der Waals surface area (Å²) in [6.07, 6.45) is 4.49. The molecule has 0 spiro atoms. The molecule has 1 heterocycles. The van der Waals surface area contributed by atoms with Crippen molar-refractivity contribution in [3.63, 3.8) is 0 Å². The lowest BCUT2D eigenvalue weighted by Gasteiger charge is -2.16. The number of nitrogens with zero attached hydrogens (tertiary/aromatic N) is 3. The largest absolute Gasteiger partial charge is 0.394 e. The van der Waals surface area contributed by atoms with Crippen molar-refractivity contribution in [2.75, 3.05) is 37.4 Å². The molecule has 0 aromatic carbocycles. The van der Waals surface area contributed by atoms with Crippen LogP contribution in [0.2, 0.25) is 0 Å². The Hall–Kier alpha value is -1.23. The lowest BCUT2D eigenvalue weighted by atomic mass is 10.4. The zero-order valence-electron chi connectivity index (χ0n) is 10.0. The molecule has 1 fully saturated rings. The summed E-state index contributed by atoms with van der Waals surface area (Å²) in [4.78, 5) is 2.03. The van der Waals surface area contributed by atoms with Gasteiger partial charge in [-0.05, 0) is 18.8 Å². The van der Waals surface area contributed by atoms with Crippen LogP contribution in [-0.4, -0.2) is 36.6 Å². The van der Waals surface area contributed by atoms with E-state index >= 15 is 0 Å². The summed E-state index contributed by atoms with van der Waals surface area (Å²) in [6, 6.07) is 0. The van der Waals surface area contributed by atoms with Crippen molar-refractivity contribution in [2.45, 2.75) is 12.8 Å². The zero-order chi connectivity index (χ0) is 11.5. The van der Waals surface area contributed by atoms with Crippen LogP contribution in [0.4, 0.5) is 11.5 Å². The van der Waals surface area contributed by atoms with E-state index in [9.17, 15) is 0 Å². The second kappa shape index (κ2) is 4.74. The third-order valence-electron chi connectivity index (χ3n) is 2.82. The van der Waals surface area contributed by atoms with Crippen LogP contribution in [0.3, 0.4) is 0 Å². The molecule has 0 saturated heterocycles. The fraction of sp³-hybridized carbons (Fsp3) is 0.727. The molecule has 0 radical (unpaired) electrons. The molecular formula is C11H20N4O. The first-order valence-electron chi connectivity index (χ1n) is 5.75. The molecule has 0 aliphatic heterocycles. The zero-order valence-corrected chi connectivity index (χ0v) is 10.0.